The van der Waals surface area contributed by atoms with E-state index in [9.17, 15) is 4.79 Å². The molecule has 0 saturated heterocycles. The van der Waals surface area contributed by atoms with Crippen molar-refractivity contribution in [3.63, 3.8) is 0 Å². The molecule has 0 saturated carbocycles. The van der Waals surface area contributed by atoms with Crippen LogP contribution in [-0.2, 0) is 11.3 Å². The minimum absolute atomic E-state index is 0.200. The zero-order chi connectivity index (χ0) is 18.7. The molecule has 0 N–H and O–H groups in total. The molecular formula is C21H24N2O2S. The van der Waals surface area contributed by atoms with E-state index in [0.29, 0.717) is 25.3 Å². The molecule has 2 aromatic carbocycles. The van der Waals surface area contributed by atoms with E-state index in [1.165, 1.54) is 11.1 Å². The molecule has 0 aliphatic carbocycles. The average molecular weight is 369 g/mol. The first-order valence-corrected chi connectivity index (χ1v) is 9.66. The van der Waals surface area contributed by atoms with Crippen molar-refractivity contribution in [1.82, 2.24) is 4.57 Å². The van der Waals surface area contributed by atoms with Crippen molar-refractivity contribution in [2.24, 2.45) is 4.99 Å². The monoisotopic (exact) mass is 368 g/mol. The van der Waals surface area contributed by atoms with Crippen molar-refractivity contribution in [1.29, 1.82) is 0 Å². The summed E-state index contributed by atoms with van der Waals surface area (Å²) in [6.07, 6.45) is 0. The number of carbonyl (C=O) groups excluding carboxylic acids is 1. The molecule has 0 aliphatic rings. The van der Waals surface area contributed by atoms with Crippen LogP contribution in [0.2, 0.25) is 0 Å². The van der Waals surface area contributed by atoms with Crippen molar-refractivity contribution < 1.29 is 9.53 Å². The third kappa shape index (κ3) is 3.79. The van der Waals surface area contributed by atoms with Crippen LogP contribution in [0.15, 0.2) is 41.4 Å². The van der Waals surface area contributed by atoms with Crippen LogP contribution in [0.5, 0.6) is 0 Å². The van der Waals surface area contributed by atoms with Gasteiger partial charge in [0.1, 0.15) is 0 Å². The lowest BCUT2D eigenvalue weighted by Gasteiger charge is -2.08. The summed E-state index contributed by atoms with van der Waals surface area (Å²) in [5, 5.41) is 0. The molecule has 136 valence electrons. The fourth-order valence-corrected chi connectivity index (χ4v) is 4.38. The Hall–Kier alpha value is -2.24. The molecule has 0 fully saturated rings. The largest absolute Gasteiger partial charge is 0.380 e. The smallest absolute Gasteiger partial charge is 0.279 e. The van der Waals surface area contributed by atoms with Gasteiger partial charge < -0.3 is 9.30 Å². The van der Waals surface area contributed by atoms with Gasteiger partial charge in [-0.15, -0.1) is 0 Å². The summed E-state index contributed by atoms with van der Waals surface area (Å²) in [4.78, 5) is 17.9. The Morgan fingerprint density at radius 1 is 1.15 bits per heavy atom. The van der Waals surface area contributed by atoms with Gasteiger partial charge in [0, 0.05) is 18.7 Å². The number of ether oxygens (including phenoxy) is 1. The molecule has 1 aromatic heterocycles. The lowest BCUT2D eigenvalue weighted by Crippen LogP contribution is -2.20. The van der Waals surface area contributed by atoms with E-state index in [2.05, 4.69) is 35.5 Å². The van der Waals surface area contributed by atoms with Crippen LogP contribution in [0.4, 0.5) is 0 Å². The van der Waals surface area contributed by atoms with Crippen LogP contribution >= 0.6 is 11.3 Å². The summed E-state index contributed by atoms with van der Waals surface area (Å²) in [6.45, 7) is 10.1. The molecule has 4 nitrogen and oxygen atoms in total. The van der Waals surface area contributed by atoms with Gasteiger partial charge in [-0.1, -0.05) is 35.6 Å². The molecular weight excluding hydrogens is 344 g/mol. The third-order valence-corrected chi connectivity index (χ3v) is 5.37. The Bertz CT molecular complexity index is 1010. The number of fused-ring (bicyclic) bond motifs is 1. The molecule has 5 heteroatoms. The van der Waals surface area contributed by atoms with E-state index in [1.54, 1.807) is 11.3 Å². The summed E-state index contributed by atoms with van der Waals surface area (Å²) in [7, 11) is 0. The quantitative estimate of drug-likeness (QED) is 0.626. The van der Waals surface area contributed by atoms with Gasteiger partial charge in [-0.3, -0.25) is 4.79 Å². The number of amides is 1. The molecule has 1 heterocycles. The van der Waals surface area contributed by atoms with Gasteiger partial charge in [0.25, 0.3) is 5.91 Å². The number of thiazole rings is 1. The molecule has 0 unspecified atom stereocenters. The lowest BCUT2D eigenvalue weighted by molar-refractivity contribution is 0.0996. The highest BCUT2D eigenvalue weighted by molar-refractivity contribution is 7.16. The number of nitrogens with zero attached hydrogens (tertiary/aromatic N) is 2. The topological polar surface area (TPSA) is 43.6 Å². The van der Waals surface area contributed by atoms with Crippen molar-refractivity contribution in [3.05, 3.63) is 63.5 Å². The second-order valence-corrected chi connectivity index (χ2v) is 7.40. The maximum absolute atomic E-state index is 12.7. The Balaban J connectivity index is 2.14. The van der Waals surface area contributed by atoms with Crippen LogP contribution < -0.4 is 4.80 Å². The molecule has 0 radical (unpaired) electrons. The molecule has 0 bridgehead atoms. The SMILES string of the molecule is CCOCCn1c(=NC(=O)c2ccccc2C)sc2cc(C)cc(C)c21. The van der Waals surface area contributed by atoms with Gasteiger partial charge in [0.05, 0.1) is 16.8 Å². The predicted molar refractivity (Wildman–Crippen MR) is 107 cm³/mol. The van der Waals surface area contributed by atoms with Crippen molar-refractivity contribution >= 4 is 27.5 Å². The highest BCUT2D eigenvalue weighted by Crippen LogP contribution is 2.23. The Kier molecular flexibility index (Phi) is 5.69. The zero-order valence-electron chi connectivity index (χ0n) is 15.7. The van der Waals surface area contributed by atoms with Crippen molar-refractivity contribution in [2.75, 3.05) is 13.2 Å². The standard InChI is InChI=1S/C21H24N2O2S/c1-5-25-11-10-23-19-16(4)12-14(2)13-18(19)26-21(23)22-20(24)17-9-7-6-8-15(17)3/h6-9,12-13H,5,10-11H2,1-4H3. The maximum atomic E-state index is 12.7. The van der Waals surface area contributed by atoms with E-state index in [0.717, 1.165) is 20.6 Å². The zero-order valence-corrected chi connectivity index (χ0v) is 16.5. The Labute approximate surface area is 157 Å². The van der Waals surface area contributed by atoms with E-state index >= 15 is 0 Å². The Morgan fingerprint density at radius 2 is 1.92 bits per heavy atom. The van der Waals surface area contributed by atoms with Gasteiger partial charge in [0.15, 0.2) is 4.80 Å². The first-order chi connectivity index (χ1) is 12.5. The maximum Gasteiger partial charge on any atom is 0.279 e. The van der Waals surface area contributed by atoms with Gasteiger partial charge in [-0.2, -0.15) is 4.99 Å². The minimum atomic E-state index is -0.200. The van der Waals surface area contributed by atoms with Crippen LogP contribution in [0.25, 0.3) is 10.2 Å². The summed E-state index contributed by atoms with van der Waals surface area (Å²) < 4.78 is 8.80. The predicted octanol–water partition coefficient (Wildman–Crippen LogP) is 4.41. The first kappa shape index (κ1) is 18.5. The minimum Gasteiger partial charge on any atom is -0.380 e. The molecule has 26 heavy (non-hydrogen) atoms. The van der Waals surface area contributed by atoms with Crippen molar-refractivity contribution in [2.45, 2.75) is 34.2 Å². The molecule has 0 atom stereocenters. The van der Waals surface area contributed by atoms with E-state index in [1.807, 2.05) is 38.1 Å². The van der Waals surface area contributed by atoms with E-state index < -0.39 is 0 Å². The fraction of sp³-hybridized carbons (Fsp3) is 0.333. The summed E-state index contributed by atoms with van der Waals surface area (Å²) in [5.41, 5.74) is 5.13. The number of hydrogen-bond donors (Lipinski definition) is 0. The number of aromatic nitrogens is 1. The highest BCUT2D eigenvalue weighted by atomic mass is 32.1. The fourth-order valence-electron chi connectivity index (χ4n) is 3.14. The molecule has 3 aromatic rings. The summed E-state index contributed by atoms with van der Waals surface area (Å²) >= 11 is 1.56. The van der Waals surface area contributed by atoms with Crippen molar-refractivity contribution in [3.8, 4) is 0 Å². The number of aryl methyl sites for hydroxylation is 3. The van der Waals surface area contributed by atoms with E-state index in [4.69, 9.17) is 4.74 Å². The molecule has 0 aliphatic heterocycles. The molecule has 1 amide bonds. The molecule has 0 spiro atoms. The van der Waals surface area contributed by atoms with Gasteiger partial charge in [0.2, 0.25) is 0 Å². The van der Waals surface area contributed by atoms with Gasteiger partial charge in [-0.25, -0.2) is 0 Å². The van der Waals surface area contributed by atoms with Crippen LogP contribution in [-0.4, -0.2) is 23.7 Å². The van der Waals surface area contributed by atoms with Gasteiger partial charge in [-0.05, 0) is 56.5 Å². The first-order valence-electron chi connectivity index (χ1n) is 8.84. The second-order valence-electron chi connectivity index (χ2n) is 6.39. The molecule has 3 rings (SSSR count). The Morgan fingerprint density at radius 3 is 2.65 bits per heavy atom. The van der Waals surface area contributed by atoms with Crippen LogP contribution in [0.3, 0.4) is 0 Å². The number of hydrogen-bond acceptors (Lipinski definition) is 3. The third-order valence-electron chi connectivity index (χ3n) is 4.35. The average Bonchev–Trinajstić information content (AvgIpc) is 2.92. The number of benzene rings is 2. The summed E-state index contributed by atoms with van der Waals surface area (Å²) in [6, 6.07) is 11.9. The van der Waals surface area contributed by atoms with Crippen LogP contribution in [0.1, 0.15) is 34.0 Å². The lowest BCUT2D eigenvalue weighted by atomic mass is 10.1. The van der Waals surface area contributed by atoms with E-state index in [-0.39, 0.29) is 5.91 Å². The second kappa shape index (κ2) is 7.98. The highest BCUT2D eigenvalue weighted by Gasteiger charge is 2.12. The van der Waals surface area contributed by atoms with Crippen LogP contribution in [0, 0.1) is 20.8 Å². The van der Waals surface area contributed by atoms with Gasteiger partial charge >= 0.3 is 0 Å². The number of rotatable bonds is 5. The number of carbonyl (C=O) groups is 1. The summed E-state index contributed by atoms with van der Waals surface area (Å²) in [5.74, 6) is -0.200. The normalized spacial score (nSPS) is 12.1.